The molecule has 3 aromatic rings. The quantitative estimate of drug-likeness (QED) is 0.646. The standard InChI is InChI=1S/C18H14BrN3O2S2/c19-13-3-1-11(2-4-13)17(24)22-7-5-14-15(9-22)26-18(20-14)21-16(23)12-6-8-25-10-12/h1-4,6,8,10H,5,7,9H2,(H,20,21,23). The zero-order chi connectivity index (χ0) is 18.1. The third-order valence-corrected chi connectivity index (χ3v) is 6.32. The smallest absolute Gasteiger partial charge is 0.258 e. The third kappa shape index (κ3) is 3.58. The van der Waals surface area contributed by atoms with Crippen molar-refractivity contribution in [3.8, 4) is 0 Å². The Bertz CT molecular complexity index is 951. The van der Waals surface area contributed by atoms with Gasteiger partial charge in [-0.3, -0.25) is 14.9 Å². The van der Waals surface area contributed by atoms with Crippen molar-refractivity contribution in [2.75, 3.05) is 11.9 Å². The summed E-state index contributed by atoms with van der Waals surface area (Å²) in [4.78, 5) is 32.2. The molecule has 1 aromatic carbocycles. The molecule has 0 bridgehead atoms. The van der Waals surface area contributed by atoms with Crippen LogP contribution in [0.3, 0.4) is 0 Å². The fourth-order valence-electron chi connectivity index (χ4n) is 2.76. The number of carbonyl (C=O) groups is 2. The minimum atomic E-state index is -0.153. The van der Waals surface area contributed by atoms with Crippen LogP contribution in [0.25, 0.3) is 0 Å². The van der Waals surface area contributed by atoms with Crippen LogP contribution in [0.1, 0.15) is 31.3 Å². The molecule has 0 unspecified atom stereocenters. The number of anilines is 1. The lowest BCUT2D eigenvalue weighted by atomic mass is 10.1. The molecule has 0 spiro atoms. The van der Waals surface area contributed by atoms with Gasteiger partial charge in [-0.05, 0) is 35.7 Å². The molecule has 0 saturated heterocycles. The van der Waals surface area contributed by atoms with Gasteiger partial charge in [0.2, 0.25) is 0 Å². The number of thiazole rings is 1. The first-order valence-electron chi connectivity index (χ1n) is 7.97. The van der Waals surface area contributed by atoms with Gasteiger partial charge in [0.1, 0.15) is 0 Å². The number of thiophene rings is 1. The van der Waals surface area contributed by atoms with Crippen molar-refractivity contribution >= 4 is 55.5 Å². The summed E-state index contributed by atoms with van der Waals surface area (Å²) in [5, 5.41) is 7.11. The summed E-state index contributed by atoms with van der Waals surface area (Å²) in [5.41, 5.74) is 2.28. The minimum Gasteiger partial charge on any atom is -0.333 e. The van der Waals surface area contributed by atoms with E-state index < -0.39 is 0 Å². The van der Waals surface area contributed by atoms with E-state index in [1.807, 2.05) is 39.9 Å². The zero-order valence-electron chi connectivity index (χ0n) is 13.6. The molecule has 1 aliphatic heterocycles. The lowest BCUT2D eigenvalue weighted by Crippen LogP contribution is -2.35. The van der Waals surface area contributed by atoms with Gasteiger partial charge in [-0.25, -0.2) is 4.98 Å². The molecular weight excluding hydrogens is 434 g/mol. The molecular formula is C18H14BrN3O2S2. The van der Waals surface area contributed by atoms with Crippen LogP contribution in [0.5, 0.6) is 0 Å². The van der Waals surface area contributed by atoms with Crippen LogP contribution in [-0.2, 0) is 13.0 Å². The molecule has 0 radical (unpaired) electrons. The van der Waals surface area contributed by atoms with E-state index in [2.05, 4.69) is 26.2 Å². The second kappa shape index (κ2) is 7.30. The van der Waals surface area contributed by atoms with Gasteiger partial charge in [-0.2, -0.15) is 11.3 Å². The predicted molar refractivity (Wildman–Crippen MR) is 107 cm³/mol. The molecule has 1 aliphatic rings. The van der Waals surface area contributed by atoms with Gasteiger partial charge in [0.05, 0.1) is 17.8 Å². The summed E-state index contributed by atoms with van der Waals surface area (Å²) >= 11 is 6.31. The molecule has 2 amide bonds. The van der Waals surface area contributed by atoms with E-state index in [4.69, 9.17) is 0 Å². The maximum Gasteiger partial charge on any atom is 0.258 e. The highest BCUT2D eigenvalue weighted by molar-refractivity contribution is 9.10. The van der Waals surface area contributed by atoms with Crippen molar-refractivity contribution in [1.29, 1.82) is 0 Å². The fraction of sp³-hybridized carbons (Fsp3) is 0.167. The molecule has 0 aliphatic carbocycles. The monoisotopic (exact) mass is 447 g/mol. The second-order valence-corrected chi connectivity index (χ2v) is 8.62. The summed E-state index contributed by atoms with van der Waals surface area (Å²) in [6.07, 6.45) is 0.697. The van der Waals surface area contributed by atoms with Crippen molar-refractivity contribution in [3.63, 3.8) is 0 Å². The normalized spacial score (nSPS) is 13.3. The lowest BCUT2D eigenvalue weighted by Gasteiger charge is -2.26. The van der Waals surface area contributed by atoms with E-state index >= 15 is 0 Å². The number of rotatable bonds is 3. The largest absolute Gasteiger partial charge is 0.333 e. The highest BCUT2D eigenvalue weighted by atomic mass is 79.9. The summed E-state index contributed by atoms with van der Waals surface area (Å²) < 4.78 is 0.948. The van der Waals surface area contributed by atoms with Gasteiger partial charge in [-0.1, -0.05) is 27.3 Å². The highest BCUT2D eigenvalue weighted by Gasteiger charge is 2.25. The Hall–Kier alpha value is -2.03. The molecule has 0 fully saturated rings. The van der Waals surface area contributed by atoms with Gasteiger partial charge in [0.15, 0.2) is 5.13 Å². The number of halogens is 1. The first kappa shape index (κ1) is 17.4. The summed E-state index contributed by atoms with van der Waals surface area (Å²) in [6.45, 7) is 1.15. The Kier molecular flexibility index (Phi) is 4.88. The number of hydrogen-bond donors (Lipinski definition) is 1. The molecule has 132 valence electrons. The number of fused-ring (bicyclic) bond motifs is 1. The number of amides is 2. The Balaban J connectivity index is 1.47. The minimum absolute atomic E-state index is 0.0143. The maximum atomic E-state index is 12.7. The average molecular weight is 448 g/mol. The topological polar surface area (TPSA) is 62.3 Å². The first-order chi connectivity index (χ1) is 12.6. The summed E-state index contributed by atoms with van der Waals surface area (Å²) in [6, 6.07) is 9.16. The van der Waals surface area contributed by atoms with Gasteiger partial charge >= 0.3 is 0 Å². The van der Waals surface area contributed by atoms with Crippen molar-refractivity contribution in [3.05, 3.63) is 67.3 Å². The predicted octanol–water partition coefficient (Wildman–Crippen LogP) is 4.42. The average Bonchev–Trinajstić information content (AvgIpc) is 3.30. The van der Waals surface area contributed by atoms with Crippen molar-refractivity contribution in [1.82, 2.24) is 9.88 Å². The Morgan fingerprint density at radius 1 is 1.15 bits per heavy atom. The van der Waals surface area contributed by atoms with Crippen molar-refractivity contribution in [2.45, 2.75) is 13.0 Å². The highest BCUT2D eigenvalue weighted by Crippen LogP contribution is 2.29. The Morgan fingerprint density at radius 2 is 1.96 bits per heavy atom. The van der Waals surface area contributed by atoms with Crippen LogP contribution < -0.4 is 5.32 Å². The number of benzene rings is 1. The number of aromatic nitrogens is 1. The molecule has 3 heterocycles. The summed E-state index contributed by atoms with van der Waals surface area (Å²) in [7, 11) is 0. The van der Waals surface area contributed by atoms with Crippen LogP contribution in [-0.4, -0.2) is 28.2 Å². The van der Waals surface area contributed by atoms with Gasteiger partial charge in [0, 0.05) is 33.3 Å². The molecule has 8 heteroatoms. The van der Waals surface area contributed by atoms with Crippen LogP contribution in [0.15, 0.2) is 45.6 Å². The van der Waals surface area contributed by atoms with Gasteiger partial charge in [0.25, 0.3) is 11.8 Å². The van der Waals surface area contributed by atoms with E-state index in [0.29, 0.717) is 35.8 Å². The van der Waals surface area contributed by atoms with Gasteiger partial charge in [-0.15, -0.1) is 0 Å². The van der Waals surface area contributed by atoms with E-state index in [9.17, 15) is 9.59 Å². The number of hydrogen-bond acceptors (Lipinski definition) is 5. The van der Waals surface area contributed by atoms with Crippen LogP contribution in [0.4, 0.5) is 5.13 Å². The van der Waals surface area contributed by atoms with Crippen molar-refractivity contribution < 1.29 is 9.59 Å². The third-order valence-electron chi connectivity index (χ3n) is 4.11. The van der Waals surface area contributed by atoms with E-state index in [1.54, 1.807) is 6.07 Å². The van der Waals surface area contributed by atoms with Gasteiger partial charge < -0.3 is 4.90 Å². The van der Waals surface area contributed by atoms with E-state index in [-0.39, 0.29) is 11.8 Å². The van der Waals surface area contributed by atoms with E-state index in [0.717, 1.165) is 15.0 Å². The number of nitrogens with one attached hydrogen (secondary N) is 1. The number of nitrogens with zero attached hydrogens (tertiary/aromatic N) is 2. The zero-order valence-corrected chi connectivity index (χ0v) is 16.8. The molecule has 26 heavy (non-hydrogen) atoms. The number of carbonyl (C=O) groups excluding carboxylic acids is 2. The van der Waals surface area contributed by atoms with Crippen LogP contribution in [0.2, 0.25) is 0 Å². The molecule has 0 atom stereocenters. The lowest BCUT2D eigenvalue weighted by molar-refractivity contribution is 0.0736. The summed E-state index contributed by atoms with van der Waals surface area (Å²) in [5.74, 6) is -0.138. The SMILES string of the molecule is O=C(Nc1nc2c(s1)CN(C(=O)c1ccc(Br)cc1)CC2)c1ccsc1. The maximum absolute atomic E-state index is 12.7. The fourth-order valence-corrected chi connectivity index (χ4v) is 4.68. The Labute approximate surface area is 166 Å². The molecule has 0 saturated carbocycles. The molecule has 4 rings (SSSR count). The van der Waals surface area contributed by atoms with Crippen LogP contribution in [0, 0.1) is 0 Å². The van der Waals surface area contributed by atoms with Crippen molar-refractivity contribution in [2.24, 2.45) is 0 Å². The molecule has 2 aromatic heterocycles. The first-order valence-corrected chi connectivity index (χ1v) is 10.5. The van der Waals surface area contributed by atoms with Crippen LogP contribution >= 0.6 is 38.6 Å². The van der Waals surface area contributed by atoms with E-state index in [1.165, 1.54) is 22.7 Å². The Morgan fingerprint density at radius 3 is 2.69 bits per heavy atom. The molecule has 1 N–H and O–H groups in total. The second-order valence-electron chi connectivity index (χ2n) is 5.84. The molecule has 5 nitrogen and oxygen atoms in total.